The van der Waals surface area contributed by atoms with Gasteiger partial charge in [-0.1, -0.05) is 63.4 Å². The second-order valence-corrected chi connectivity index (χ2v) is 4.91. The average molecular weight is 246 g/mol. The molecule has 1 nitrogen and oxygen atoms in total. The molecule has 1 aromatic carbocycles. The predicted molar refractivity (Wildman–Crippen MR) is 78.5 cm³/mol. The highest BCUT2D eigenvalue weighted by Crippen LogP contribution is 2.10. The van der Waals surface area contributed by atoms with Crippen molar-refractivity contribution < 1.29 is 4.74 Å². The first-order valence-corrected chi connectivity index (χ1v) is 7.15. The second kappa shape index (κ2) is 9.76. The number of ether oxygens (including phenoxy) is 1. The van der Waals surface area contributed by atoms with Gasteiger partial charge in [0.05, 0.1) is 12.9 Å². The normalized spacial score (nSPS) is 12.8. The van der Waals surface area contributed by atoms with Gasteiger partial charge in [0, 0.05) is 6.42 Å². The Kier molecular flexibility index (Phi) is 8.03. The summed E-state index contributed by atoms with van der Waals surface area (Å²) >= 11 is 0. The average Bonchev–Trinajstić information content (AvgIpc) is 2.40. The second-order valence-electron chi connectivity index (χ2n) is 4.91. The standard InChI is InChI=1S/C17H26O/c1-3-4-6-9-16(2)12-14-18-15-13-17-10-7-5-8-11-17/h5,7-8,10-12,14,16H,3-4,6,9,13,15H2,1-2H3. The van der Waals surface area contributed by atoms with Crippen LogP contribution in [0.4, 0.5) is 0 Å². The highest BCUT2D eigenvalue weighted by Gasteiger charge is 1.96. The molecule has 0 bridgehead atoms. The van der Waals surface area contributed by atoms with Gasteiger partial charge in [0.2, 0.25) is 0 Å². The van der Waals surface area contributed by atoms with Crippen molar-refractivity contribution in [2.75, 3.05) is 6.61 Å². The summed E-state index contributed by atoms with van der Waals surface area (Å²) in [4.78, 5) is 0. The summed E-state index contributed by atoms with van der Waals surface area (Å²) in [6.45, 7) is 5.27. The third kappa shape index (κ3) is 7.16. The molecule has 1 unspecified atom stereocenters. The first-order chi connectivity index (χ1) is 8.83. The quantitative estimate of drug-likeness (QED) is 0.441. The van der Waals surface area contributed by atoms with Gasteiger partial charge < -0.3 is 4.74 Å². The SMILES string of the molecule is CCCCCC(C)C=COCCc1ccccc1. The first kappa shape index (κ1) is 14.8. The van der Waals surface area contributed by atoms with Gasteiger partial charge in [-0.25, -0.2) is 0 Å². The number of unbranched alkanes of at least 4 members (excludes halogenated alkanes) is 2. The molecular formula is C17H26O. The Hall–Kier alpha value is -1.24. The zero-order chi connectivity index (χ0) is 13.1. The van der Waals surface area contributed by atoms with Crippen molar-refractivity contribution in [3.05, 3.63) is 48.2 Å². The fraction of sp³-hybridized carbons (Fsp3) is 0.529. The Labute approximate surface area is 112 Å². The van der Waals surface area contributed by atoms with Gasteiger partial charge in [-0.3, -0.25) is 0 Å². The maximum Gasteiger partial charge on any atom is 0.0913 e. The summed E-state index contributed by atoms with van der Waals surface area (Å²) in [5.41, 5.74) is 1.34. The topological polar surface area (TPSA) is 9.23 Å². The summed E-state index contributed by atoms with van der Waals surface area (Å²) in [7, 11) is 0. The van der Waals surface area contributed by atoms with Crippen LogP contribution in [0.5, 0.6) is 0 Å². The van der Waals surface area contributed by atoms with E-state index in [1.807, 2.05) is 12.3 Å². The van der Waals surface area contributed by atoms with Crippen molar-refractivity contribution in [3.8, 4) is 0 Å². The molecule has 0 saturated carbocycles. The minimum absolute atomic E-state index is 0.633. The molecule has 1 heteroatoms. The van der Waals surface area contributed by atoms with Gasteiger partial charge in [-0.05, 0) is 24.0 Å². The van der Waals surface area contributed by atoms with E-state index in [1.165, 1.54) is 31.2 Å². The van der Waals surface area contributed by atoms with E-state index in [4.69, 9.17) is 4.74 Å². The lowest BCUT2D eigenvalue weighted by molar-refractivity contribution is 0.251. The van der Waals surface area contributed by atoms with E-state index in [0.29, 0.717) is 5.92 Å². The van der Waals surface area contributed by atoms with Crippen molar-refractivity contribution in [2.45, 2.75) is 46.0 Å². The Bertz CT molecular complexity index is 316. The minimum Gasteiger partial charge on any atom is -0.501 e. The maximum absolute atomic E-state index is 5.53. The third-order valence-corrected chi connectivity index (χ3v) is 3.12. The maximum atomic E-state index is 5.53. The molecule has 1 aromatic rings. The molecule has 0 aliphatic heterocycles. The monoisotopic (exact) mass is 246 g/mol. The molecule has 0 fully saturated rings. The smallest absolute Gasteiger partial charge is 0.0913 e. The van der Waals surface area contributed by atoms with Gasteiger partial charge >= 0.3 is 0 Å². The third-order valence-electron chi connectivity index (χ3n) is 3.12. The molecule has 18 heavy (non-hydrogen) atoms. The van der Waals surface area contributed by atoms with Crippen molar-refractivity contribution >= 4 is 0 Å². The Morgan fingerprint density at radius 3 is 2.67 bits per heavy atom. The van der Waals surface area contributed by atoms with Gasteiger partial charge in [0.15, 0.2) is 0 Å². The van der Waals surface area contributed by atoms with E-state index < -0.39 is 0 Å². The molecule has 0 spiro atoms. The lowest BCUT2D eigenvalue weighted by Gasteiger charge is -2.05. The van der Waals surface area contributed by atoms with Crippen molar-refractivity contribution in [1.29, 1.82) is 0 Å². The Morgan fingerprint density at radius 2 is 1.94 bits per heavy atom. The summed E-state index contributed by atoms with van der Waals surface area (Å²) in [6, 6.07) is 10.5. The van der Waals surface area contributed by atoms with E-state index in [9.17, 15) is 0 Å². The predicted octanol–water partition coefficient (Wildman–Crippen LogP) is 4.98. The molecule has 0 heterocycles. The van der Waals surface area contributed by atoms with E-state index >= 15 is 0 Å². The molecule has 100 valence electrons. The van der Waals surface area contributed by atoms with Gasteiger partial charge in [-0.15, -0.1) is 0 Å². The lowest BCUT2D eigenvalue weighted by atomic mass is 10.0. The van der Waals surface area contributed by atoms with Crippen LogP contribution in [0.25, 0.3) is 0 Å². The molecule has 0 radical (unpaired) electrons. The molecule has 0 N–H and O–H groups in total. The summed E-state index contributed by atoms with van der Waals surface area (Å²) in [5.74, 6) is 0.633. The first-order valence-electron chi connectivity index (χ1n) is 7.15. The van der Waals surface area contributed by atoms with Crippen LogP contribution in [0.2, 0.25) is 0 Å². The van der Waals surface area contributed by atoms with E-state index in [0.717, 1.165) is 13.0 Å². The van der Waals surface area contributed by atoms with Crippen LogP contribution >= 0.6 is 0 Å². The van der Waals surface area contributed by atoms with Crippen molar-refractivity contribution in [2.24, 2.45) is 5.92 Å². The van der Waals surface area contributed by atoms with Crippen LogP contribution in [0.1, 0.15) is 45.1 Å². The molecule has 1 rings (SSSR count). The molecule has 0 aromatic heterocycles. The van der Waals surface area contributed by atoms with Gasteiger partial charge in [-0.2, -0.15) is 0 Å². The number of allylic oxidation sites excluding steroid dienone is 1. The zero-order valence-electron chi connectivity index (χ0n) is 11.8. The van der Waals surface area contributed by atoms with Crippen molar-refractivity contribution in [1.82, 2.24) is 0 Å². The fourth-order valence-corrected chi connectivity index (χ4v) is 1.89. The Morgan fingerprint density at radius 1 is 1.17 bits per heavy atom. The lowest BCUT2D eigenvalue weighted by Crippen LogP contribution is -1.95. The van der Waals surface area contributed by atoms with Crippen LogP contribution in [0.3, 0.4) is 0 Å². The van der Waals surface area contributed by atoms with Crippen LogP contribution in [0, 0.1) is 5.92 Å². The van der Waals surface area contributed by atoms with Gasteiger partial charge in [0.1, 0.15) is 0 Å². The summed E-state index contributed by atoms with van der Waals surface area (Å²) in [6.07, 6.45) is 10.3. The highest BCUT2D eigenvalue weighted by atomic mass is 16.5. The highest BCUT2D eigenvalue weighted by molar-refractivity contribution is 5.14. The molecule has 0 aliphatic carbocycles. The van der Waals surface area contributed by atoms with Gasteiger partial charge in [0.25, 0.3) is 0 Å². The van der Waals surface area contributed by atoms with E-state index in [2.05, 4.69) is 44.2 Å². The summed E-state index contributed by atoms with van der Waals surface area (Å²) in [5, 5.41) is 0. The van der Waals surface area contributed by atoms with Crippen LogP contribution in [-0.4, -0.2) is 6.61 Å². The Balaban J connectivity index is 2.06. The van der Waals surface area contributed by atoms with E-state index in [1.54, 1.807) is 0 Å². The van der Waals surface area contributed by atoms with Crippen molar-refractivity contribution in [3.63, 3.8) is 0 Å². The molecule has 0 saturated heterocycles. The van der Waals surface area contributed by atoms with E-state index in [-0.39, 0.29) is 0 Å². The number of benzene rings is 1. The fourth-order valence-electron chi connectivity index (χ4n) is 1.89. The molecular weight excluding hydrogens is 220 g/mol. The summed E-state index contributed by atoms with van der Waals surface area (Å²) < 4.78 is 5.53. The molecule has 0 amide bonds. The molecule has 1 atom stereocenters. The zero-order valence-corrected chi connectivity index (χ0v) is 11.8. The molecule has 0 aliphatic rings. The number of hydrogen-bond acceptors (Lipinski definition) is 1. The minimum atomic E-state index is 0.633. The van der Waals surface area contributed by atoms with Crippen LogP contribution in [0.15, 0.2) is 42.7 Å². The number of rotatable bonds is 9. The largest absolute Gasteiger partial charge is 0.501 e. The number of hydrogen-bond donors (Lipinski definition) is 0. The van der Waals surface area contributed by atoms with Crippen LogP contribution in [-0.2, 0) is 11.2 Å². The van der Waals surface area contributed by atoms with Crippen LogP contribution < -0.4 is 0 Å².